The van der Waals surface area contributed by atoms with Crippen LogP contribution in [0.3, 0.4) is 0 Å². The van der Waals surface area contributed by atoms with E-state index in [2.05, 4.69) is 36.4 Å². The van der Waals surface area contributed by atoms with Crippen LogP contribution in [0.25, 0.3) is 4.96 Å². The standard InChI is InChI=1S/C17H26N2OS/c1-4-16(2,3)13-5-7-17(20,8-6-13)11-14-12-19-9-10-21-15(19)18-14/h9-10,12-13,20H,4-8,11H2,1-3H3. The number of imidazole rings is 1. The van der Waals surface area contributed by atoms with Gasteiger partial charge >= 0.3 is 0 Å². The number of rotatable bonds is 4. The van der Waals surface area contributed by atoms with E-state index in [0.29, 0.717) is 11.8 Å². The molecular weight excluding hydrogens is 280 g/mol. The first-order valence-electron chi connectivity index (χ1n) is 8.05. The van der Waals surface area contributed by atoms with E-state index in [1.807, 2.05) is 11.6 Å². The summed E-state index contributed by atoms with van der Waals surface area (Å²) in [6.07, 6.45) is 10.1. The van der Waals surface area contributed by atoms with E-state index < -0.39 is 5.60 Å². The highest BCUT2D eigenvalue weighted by molar-refractivity contribution is 7.15. The van der Waals surface area contributed by atoms with Gasteiger partial charge in [-0.05, 0) is 37.0 Å². The summed E-state index contributed by atoms with van der Waals surface area (Å²) in [7, 11) is 0. The molecule has 1 aliphatic carbocycles. The molecule has 0 bridgehead atoms. The minimum Gasteiger partial charge on any atom is -0.389 e. The highest BCUT2D eigenvalue weighted by Gasteiger charge is 2.38. The topological polar surface area (TPSA) is 37.5 Å². The predicted octanol–water partition coefficient (Wildman–Crippen LogP) is 4.30. The lowest BCUT2D eigenvalue weighted by Gasteiger charge is -2.42. The number of fused-ring (bicyclic) bond motifs is 1. The van der Waals surface area contributed by atoms with Crippen molar-refractivity contribution in [1.29, 1.82) is 0 Å². The fourth-order valence-corrected chi connectivity index (χ4v) is 4.32. The van der Waals surface area contributed by atoms with E-state index >= 15 is 0 Å². The van der Waals surface area contributed by atoms with Gasteiger partial charge in [0.05, 0.1) is 11.3 Å². The lowest BCUT2D eigenvalue weighted by Crippen LogP contribution is -2.39. The molecule has 0 spiro atoms. The molecule has 1 N–H and O–H groups in total. The lowest BCUT2D eigenvalue weighted by molar-refractivity contribution is -0.0281. The smallest absolute Gasteiger partial charge is 0.193 e. The first-order chi connectivity index (χ1) is 9.92. The van der Waals surface area contributed by atoms with E-state index in [4.69, 9.17) is 0 Å². The maximum atomic E-state index is 10.9. The van der Waals surface area contributed by atoms with Gasteiger partial charge in [-0.3, -0.25) is 4.40 Å². The van der Waals surface area contributed by atoms with E-state index in [0.717, 1.165) is 42.3 Å². The van der Waals surface area contributed by atoms with Gasteiger partial charge in [0.25, 0.3) is 0 Å². The van der Waals surface area contributed by atoms with E-state index in [1.54, 1.807) is 11.3 Å². The summed E-state index contributed by atoms with van der Waals surface area (Å²) in [6.45, 7) is 7.01. The summed E-state index contributed by atoms with van der Waals surface area (Å²) in [5, 5.41) is 12.9. The Morgan fingerprint density at radius 1 is 1.43 bits per heavy atom. The van der Waals surface area contributed by atoms with Crippen molar-refractivity contribution in [2.75, 3.05) is 0 Å². The van der Waals surface area contributed by atoms with Crippen molar-refractivity contribution in [3.05, 3.63) is 23.5 Å². The van der Waals surface area contributed by atoms with Crippen molar-refractivity contribution < 1.29 is 5.11 Å². The predicted molar refractivity (Wildman–Crippen MR) is 87.8 cm³/mol. The lowest BCUT2D eigenvalue weighted by atomic mass is 9.66. The second kappa shape index (κ2) is 5.40. The molecule has 2 aromatic heterocycles. The Balaban J connectivity index is 1.65. The van der Waals surface area contributed by atoms with Crippen molar-refractivity contribution in [3.8, 4) is 0 Å². The maximum Gasteiger partial charge on any atom is 0.193 e. The largest absolute Gasteiger partial charge is 0.389 e. The summed E-state index contributed by atoms with van der Waals surface area (Å²) in [4.78, 5) is 5.64. The Morgan fingerprint density at radius 3 is 2.76 bits per heavy atom. The molecule has 0 amide bonds. The summed E-state index contributed by atoms with van der Waals surface area (Å²) in [6, 6.07) is 0. The molecule has 4 heteroatoms. The molecule has 1 fully saturated rings. The van der Waals surface area contributed by atoms with Gasteiger partial charge in [0.2, 0.25) is 0 Å². The Morgan fingerprint density at radius 2 is 2.14 bits per heavy atom. The Hall–Kier alpha value is -0.870. The molecular formula is C17H26N2OS. The molecule has 0 atom stereocenters. The van der Waals surface area contributed by atoms with Crippen LogP contribution in [0.4, 0.5) is 0 Å². The van der Waals surface area contributed by atoms with Crippen LogP contribution in [0.1, 0.15) is 58.6 Å². The molecule has 3 nitrogen and oxygen atoms in total. The molecule has 3 rings (SSSR count). The highest BCUT2D eigenvalue weighted by atomic mass is 32.1. The highest BCUT2D eigenvalue weighted by Crippen LogP contribution is 2.44. The number of aliphatic hydroxyl groups is 1. The summed E-state index contributed by atoms with van der Waals surface area (Å²) in [5.41, 5.74) is 0.875. The maximum absolute atomic E-state index is 10.9. The molecule has 0 unspecified atom stereocenters. The third kappa shape index (κ3) is 3.02. The van der Waals surface area contributed by atoms with Crippen LogP contribution < -0.4 is 0 Å². The number of nitrogens with zero attached hydrogens (tertiary/aromatic N) is 2. The van der Waals surface area contributed by atoms with Gasteiger partial charge < -0.3 is 5.11 Å². The zero-order chi connectivity index (χ0) is 15.1. The molecule has 116 valence electrons. The molecule has 0 aliphatic heterocycles. The van der Waals surface area contributed by atoms with Crippen LogP contribution in [-0.2, 0) is 6.42 Å². The van der Waals surface area contributed by atoms with E-state index in [9.17, 15) is 5.11 Å². The Bertz CT molecular complexity index is 577. The average Bonchev–Trinajstić information content (AvgIpc) is 2.99. The molecule has 1 saturated carbocycles. The van der Waals surface area contributed by atoms with Gasteiger partial charge in [0.15, 0.2) is 4.96 Å². The summed E-state index contributed by atoms with van der Waals surface area (Å²) < 4.78 is 2.05. The first-order valence-corrected chi connectivity index (χ1v) is 8.93. The van der Waals surface area contributed by atoms with Crippen molar-refractivity contribution in [2.24, 2.45) is 11.3 Å². The van der Waals surface area contributed by atoms with Gasteiger partial charge in [-0.1, -0.05) is 27.2 Å². The zero-order valence-electron chi connectivity index (χ0n) is 13.3. The quantitative estimate of drug-likeness (QED) is 0.914. The molecule has 0 saturated heterocycles. The van der Waals surface area contributed by atoms with Crippen molar-refractivity contribution >= 4 is 16.3 Å². The second-order valence-electron chi connectivity index (χ2n) is 7.34. The molecule has 21 heavy (non-hydrogen) atoms. The first kappa shape index (κ1) is 15.0. The summed E-state index contributed by atoms with van der Waals surface area (Å²) in [5.74, 6) is 0.744. The average molecular weight is 306 g/mol. The van der Waals surface area contributed by atoms with Crippen molar-refractivity contribution in [1.82, 2.24) is 9.38 Å². The van der Waals surface area contributed by atoms with Gasteiger partial charge in [-0.2, -0.15) is 0 Å². The third-order valence-electron chi connectivity index (χ3n) is 5.59. The minimum atomic E-state index is -0.551. The fraction of sp³-hybridized carbons (Fsp3) is 0.706. The zero-order valence-corrected chi connectivity index (χ0v) is 14.1. The van der Waals surface area contributed by atoms with Crippen LogP contribution in [0.5, 0.6) is 0 Å². The van der Waals surface area contributed by atoms with Crippen molar-refractivity contribution in [3.63, 3.8) is 0 Å². The molecule has 2 heterocycles. The minimum absolute atomic E-state index is 0.401. The van der Waals surface area contributed by atoms with Crippen LogP contribution in [0.15, 0.2) is 17.8 Å². The number of hydrogen-bond acceptors (Lipinski definition) is 3. The van der Waals surface area contributed by atoms with Gasteiger partial charge in [-0.15, -0.1) is 11.3 Å². The molecule has 0 aromatic carbocycles. The molecule has 2 aromatic rings. The van der Waals surface area contributed by atoms with Gasteiger partial charge in [-0.25, -0.2) is 4.98 Å². The normalized spacial score (nSPS) is 27.3. The van der Waals surface area contributed by atoms with Gasteiger partial charge in [0, 0.05) is 24.2 Å². The number of aromatic nitrogens is 2. The number of hydrogen-bond donors (Lipinski definition) is 1. The SMILES string of the molecule is CCC(C)(C)C1CCC(O)(Cc2cn3ccsc3n2)CC1. The third-order valence-corrected chi connectivity index (χ3v) is 6.36. The Labute approximate surface area is 131 Å². The van der Waals surface area contributed by atoms with Crippen LogP contribution in [0, 0.1) is 11.3 Å². The van der Waals surface area contributed by atoms with Gasteiger partial charge in [0.1, 0.15) is 0 Å². The summed E-state index contributed by atoms with van der Waals surface area (Å²) >= 11 is 1.65. The van der Waals surface area contributed by atoms with Crippen LogP contribution in [-0.4, -0.2) is 20.1 Å². The second-order valence-corrected chi connectivity index (χ2v) is 8.22. The fourth-order valence-electron chi connectivity index (χ4n) is 3.60. The van der Waals surface area contributed by atoms with Crippen molar-refractivity contribution in [2.45, 2.75) is 64.9 Å². The van der Waals surface area contributed by atoms with Crippen LogP contribution >= 0.6 is 11.3 Å². The number of thiazole rings is 1. The molecule has 0 radical (unpaired) electrons. The van der Waals surface area contributed by atoms with E-state index in [-0.39, 0.29) is 0 Å². The molecule has 1 aliphatic rings. The Kier molecular flexibility index (Phi) is 3.87. The van der Waals surface area contributed by atoms with Crippen LogP contribution in [0.2, 0.25) is 0 Å². The monoisotopic (exact) mass is 306 g/mol. The van der Waals surface area contributed by atoms with E-state index in [1.165, 1.54) is 6.42 Å².